The van der Waals surface area contributed by atoms with Crippen molar-refractivity contribution in [2.75, 3.05) is 18.9 Å². The molecule has 0 saturated carbocycles. The number of aliphatic hydroxyl groups excluding tert-OH is 1. The molecule has 0 radical (unpaired) electrons. The SMILES string of the molecule is CCCNC(C)(CO)CSc1ccc(C)cc1. The van der Waals surface area contributed by atoms with E-state index < -0.39 is 0 Å². The molecule has 1 rings (SSSR count). The fourth-order valence-electron chi connectivity index (χ4n) is 1.46. The standard InChI is InChI=1S/C14H23NOS/c1-4-9-15-14(3,10-16)11-17-13-7-5-12(2)6-8-13/h5-8,15-16H,4,9-11H2,1-3H3. The van der Waals surface area contributed by atoms with E-state index in [1.165, 1.54) is 10.5 Å². The topological polar surface area (TPSA) is 32.3 Å². The van der Waals surface area contributed by atoms with Gasteiger partial charge in [0.15, 0.2) is 0 Å². The molecule has 1 unspecified atom stereocenters. The molecule has 0 fully saturated rings. The summed E-state index contributed by atoms with van der Waals surface area (Å²) in [5.41, 5.74) is 1.09. The molecule has 3 heteroatoms. The van der Waals surface area contributed by atoms with Crippen LogP contribution in [0.3, 0.4) is 0 Å². The number of nitrogens with one attached hydrogen (secondary N) is 1. The number of hydrogen-bond donors (Lipinski definition) is 2. The zero-order chi connectivity index (χ0) is 12.7. The van der Waals surface area contributed by atoms with Gasteiger partial charge in [0.25, 0.3) is 0 Å². The molecular weight excluding hydrogens is 230 g/mol. The van der Waals surface area contributed by atoms with Crippen molar-refractivity contribution in [3.63, 3.8) is 0 Å². The maximum atomic E-state index is 9.46. The summed E-state index contributed by atoms with van der Waals surface area (Å²) in [6.07, 6.45) is 1.09. The van der Waals surface area contributed by atoms with Crippen LogP contribution in [-0.4, -0.2) is 29.5 Å². The second-order valence-electron chi connectivity index (χ2n) is 4.75. The Morgan fingerprint density at radius 1 is 1.29 bits per heavy atom. The molecule has 1 atom stereocenters. The molecule has 0 aliphatic carbocycles. The Morgan fingerprint density at radius 2 is 1.94 bits per heavy atom. The molecule has 1 aromatic rings. The van der Waals surface area contributed by atoms with Crippen LogP contribution >= 0.6 is 11.8 Å². The summed E-state index contributed by atoms with van der Waals surface area (Å²) in [6.45, 7) is 7.42. The van der Waals surface area contributed by atoms with Gasteiger partial charge in [-0.25, -0.2) is 0 Å². The predicted octanol–water partition coefficient (Wildman–Crippen LogP) is 2.84. The highest BCUT2D eigenvalue weighted by molar-refractivity contribution is 7.99. The van der Waals surface area contributed by atoms with E-state index in [4.69, 9.17) is 0 Å². The third kappa shape index (κ3) is 5.11. The number of hydrogen-bond acceptors (Lipinski definition) is 3. The van der Waals surface area contributed by atoms with Crippen molar-refractivity contribution in [1.29, 1.82) is 0 Å². The number of benzene rings is 1. The van der Waals surface area contributed by atoms with Crippen LogP contribution in [-0.2, 0) is 0 Å². The Bertz CT molecular complexity index is 325. The van der Waals surface area contributed by atoms with Crippen LogP contribution in [0.4, 0.5) is 0 Å². The molecule has 2 nitrogen and oxygen atoms in total. The fourth-order valence-corrected chi connectivity index (χ4v) is 2.46. The third-order valence-corrected chi connectivity index (χ3v) is 4.12. The lowest BCUT2D eigenvalue weighted by atomic mass is 10.1. The first-order valence-electron chi connectivity index (χ1n) is 6.15. The van der Waals surface area contributed by atoms with E-state index >= 15 is 0 Å². The van der Waals surface area contributed by atoms with E-state index in [2.05, 4.69) is 50.4 Å². The average molecular weight is 253 g/mol. The molecule has 0 aliphatic heterocycles. The van der Waals surface area contributed by atoms with Crippen LogP contribution < -0.4 is 5.32 Å². The molecule has 96 valence electrons. The van der Waals surface area contributed by atoms with Gasteiger partial charge in [-0.05, 0) is 38.9 Å². The first kappa shape index (κ1) is 14.6. The molecule has 0 aliphatic rings. The molecule has 17 heavy (non-hydrogen) atoms. The van der Waals surface area contributed by atoms with Crippen LogP contribution in [0.5, 0.6) is 0 Å². The summed E-state index contributed by atoms with van der Waals surface area (Å²) in [5.74, 6) is 0.882. The molecule has 0 bridgehead atoms. The highest BCUT2D eigenvalue weighted by atomic mass is 32.2. The van der Waals surface area contributed by atoms with Gasteiger partial charge in [0, 0.05) is 16.2 Å². The lowest BCUT2D eigenvalue weighted by molar-refractivity contribution is 0.192. The van der Waals surface area contributed by atoms with Gasteiger partial charge in [0.1, 0.15) is 0 Å². The Hall–Kier alpha value is -0.510. The van der Waals surface area contributed by atoms with Crippen molar-refractivity contribution in [3.8, 4) is 0 Å². The maximum absolute atomic E-state index is 9.46. The number of thioether (sulfide) groups is 1. The quantitative estimate of drug-likeness (QED) is 0.733. The molecule has 2 N–H and O–H groups in total. The molecule has 1 aromatic carbocycles. The second-order valence-corrected chi connectivity index (χ2v) is 5.80. The minimum absolute atomic E-state index is 0.172. The number of rotatable bonds is 7. The Balaban J connectivity index is 2.49. The van der Waals surface area contributed by atoms with Gasteiger partial charge in [-0.3, -0.25) is 0 Å². The Morgan fingerprint density at radius 3 is 2.47 bits per heavy atom. The zero-order valence-electron chi connectivity index (χ0n) is 11.0. The van der Waals surface area contributed by atoms with Crippen molar-refractivity contribution in [2.45, 2.75) is 37.6 Å². The van der Waals surface area contributed by atoms with Gasteiger partial charge in [0.05, 0.1) is 6.61 Å². The monoisotopic (exact) mass is 253 g/mol. The molecule has 0 amide bonds. The highest BCUT2D eigenvalue weighted by Gasteiger charge is 2.22. The van der Waals surface area contributed by atoms with Crippen LogP contribution in [0, 0.1) is 6.92 Å². The first-order chi connectivity index (χ1) is 8.09. The summed E-state index contributed by atoms with van der Waals surface area (Å²) in [5, 5.41) is 12.9. The third-order valence-electron chi connectivity index (χ3n) is 2.73. The van der Waals surface area contributed by atoms with E-state index in [-0.39, 0.29) is 12.1 Å². The summed E-state index contributed by atoms with van der Waals surface area (Å²) in [4.78, 5) is 1.26. The van der Waals surface area contributed by atoms with E-state index in [1.54, 1.807) is 11.8 Å². The highest BCUT2D eigenvalue weighted by Crippen LogP contribution is 2.22. The predicted molar refractivity (Wildman–Crippen MR) is 75.7 cm³/mol. The molecular formula is C14H23NOS. The fraction of sp³-hybridized carbons (Fsp3) is 0.571. The van der Waals surface area contributed by atoms with Crippen molar-refractivity contribution in [3.05, 3.63) is 29.8 Å². The zero-order valence-corrected chi connectivity index (χ0v) is 11.8. The van der Waals surface area contributed by atoms with Crippen LogP contribution in [0.1, 0.15) is 25.8 Å². The summed E-state index contributed by atoms with van der Waals surface area (Å²) in [6, 6.07) is 8.52. The van der Waals surface area contributed by atoms with Gasteiger partial charge >= 0.3 is 0 Å². The maximum Gasteiger partial charge on any atom is 0.0618 e. The van der Waals surface area contributed by atoms with Gasteiger partial charge in [-0.1, -0.05) is 24.6 Å². The van der Waals surface area contributed by atoms with E-state index in [0.717, 1.165) is 18.7 Å². The summed E-state index contributed by atoms with van der Waals surface area (Å²) >= 11 is 1.79. The van der Waals surface area contributed by atoms with E-state index in [0.29, 0.717) is 0 Å². The molecule has 0 aromatic heterocycles. The largest absolute Gasteiger partial charge is 0.394 e. The van der Waals surface area contributed by atoms with Crippen molar-refractivity contribution < 1.29 is 5.11 Å². The normalized spacial score (nSPS) is 14.6. The number of aliphatic hydroxyl groups is 1. The van der Waals surface area contributed by atoms with Crippen molar-refractivity contribution in [1.82, 2.24) is 5.32 Å². The molecule has 0 saturated heterocycles. The molecule has 0 heterocycles. The number of aryl methyl sites for hydroxylation is 1. The minimum Gasteiger partial charge on any atom is -0.394 e. The smallest absolute Gasteiger partial charge is 0.0618 e. The van der Waals surface area contributed by atoms with Crippen LogP contribution in [0.2, 0.25) is 0 Å². The second kappa shape index (κ2) is 7.04. The first-order valence-corrected chi connectivity index (χ1v) is 7.13. The summed E-state index contributed by atoms with van der Waals surface area (Å²) < 4.78 is 0. The van der Waals surface area contributed by atoms with Gasteiger partial charge < -0.3 is 10.4 Å². The minimum atomic E-state index is -0.189. The van der Waals surface area contributed by atoms with Gasteiger partial charge in [-0.2, -0.15) is 0 Å². The van der Waals surface area contributed by atoms with Crippen molar-refractivity contribution >= 4 is 11.8 Å². The van der Waals surface area contributed by atoms with Gasteiger partial charge in [-0.15, -0.1) is 11.8 Å². The van der Waals surface area contributed by atoms with Crippen molar-refractivity contribution in [2.24, 2.45) is 0 Å². The van der Waals surface area contributed by atoms with Crippen LogP contribution in [0.25, 0.3) is 0 Å². The lowest BCUT2D eigenvalue weighted by Crippen LogP contribution is -2.48. The average Bonchev–Trinajstić information content (AvgIpc) is 2.36. The van der Waals surface area contributed by atoms with E-state index in [9.17, 15) is 5.11 Å². The van der Waals surface area contributed by atoms with Crippen LogP contribution in [0.15, 0.2) is 29.2 Å². The Labute approximate surface area is 109 Å². The summed E-state index contributed by atoms with van der Waals surface area (Å²) in [7, 11) is 0. The van der Waals surface area contributed by atoms with E-state index in [1.807, 2.05) is 0 Å². The molecule has 0 spiro atoms. The Kier molecular flexibility index (Phi) is 6.03. The lowest BCUT2D eigenvalue weighted by Gasteiger charge is -2.28. The van der Waals surface area contributed by atoms with Gasteiger partial charge in [0.2, 0.25) is 0 Å².